The quantitative estimate of drug-likeness (QED) is 0.446. The molecule has 40 heavy (non-hydrogen) atoms. The number of hydrogen-bond donors (Lipinski definition) is 2. The maximum absolute atomic E-state index is 13.3. The topological polar surface area (TPSA) is 126 Å². The number of piperidine rings is 1. The van der Waals surface area contributed by atoms with Gasteiger partial charge in [0.05, 0.1) is 17.0 Å². The number of carbonyl (C=O) groups is 2. The number of hydrogen-bond acceptors (Lipinski definition) is 6. The minimum absolute atomic E-state index is 0.125. The Morgan fingerprint density at radius 1 is 1.02 bits per heavy atom. The summed E-state index contributed by atoms with van der Waals surface area (Å²) in [4.78, 5) is 29.2. The number of aromatic nitrogens is 1. The van der Waals surface area contributed by atoms with Crippen molar-refractivity contribution in [1.82, 2.24) is 14.2 Å². The standard InChI is InChI=1S/C27H26F3N5O4S/c28-27(29,30)20-5-8-25(32-14-20)33-21-9-11-35(12-10-21)40(38,39)22-6-3-17(4-7-22)18-1-2-19-15-34(16-24(31)36)26(37)23(19)13-18/h1-8,13-14,21H,9-12,15-16H2,(H2,31,36)(H,32,33). The third-order valence-corrected chi connectivity index (χ3v) is 8.97. The summed E-state index contributed by atoms with van der Waals surface area (Å²) in [5.74, 6) is -0.560. The minimum Gasteiger partial charge on any atom is -0.368 e. The van der Waals surface area contributed by atoms with Crippen LogP contribution in [0.1, 0.15) is 34.3 Å². The molecule has 1 fully saturated rings. The van der Waals surface area contributed by atoms with Gasteiger partial charge in [-0.25, -0.2) is 13.4 Å². The van der Waals surface area contributed by atoms with E-state index >= 15 is 0 Å². The number of pyridine rings is 1. The van der Waals surface area contributed by atoms with E-state index in [0.717, 1.165) is 29.0 Å². The van der Waals surface area contributed by atoms with Crippen LogP contribution in [0, 0.1) is 0 Å². The van der Waals surface area contributed by atoms with E-state index in [2.05, 4.69) is 10.3 Å². The van der Waals surface area contributed by atoms with Crippen molar-refractivity contribution in [3.63, 3.8) is 0 Å². The molecule has 2 aliphatic heterocycles. The average Bonchev–Trinajstić information content (AvgIpc) is 3.22. The number of anilines is 1. The van der Waals surface area contributed by atoms with Crippen LogP contribution in [0.4, 0.5) is 19.0 Å². The summed E-state index contributed by atoms with van der Waals surface area (Å²) in [5.41, 5.74) is 7.14. The fourth-order valence-corrected chi connectivity index (χ4v) is 6.39. The van der Waals surface area contributed by atoms with E-state index in [1.807, 2.05) is 12.1 Å². The highest BCUT2D eigenvalue weighted by Crippen LogP contribution is 2.31. The molecule has 0 aliphatic carbocycles. The van der Waals surface area contributed by atoms with Crippen LogP contribution in [-0.2, 0) is 27.5 Å². The Morgan fingerprint density at radius 3 is 2.30 bits per heavy atom. The molecule has 2 aromatic carbocycles. The van der Waals surface area contributed by atoms with Crippen LogP contribution in [0.25, 0.3) is 11.1 Å². The molecule has 210 valence electrons. The van der Waals surface area contributed by atoms with Gasteiger partial charge in [-0.1, -0.05) is 24.3 Å². The normalized spacial score (nSPS) is 16.7. The molecule has 3 aromatic rings. The molecule has 5 rings (SSSR count). The number of alkyl halides is 3. The van der Waals surface area contributed by atoms with Gasteiger partial charge in [0, 0.05) is 37.4 Å². The summed E-state index contributed by atoms with van der Waals surface area (Å²) < 4.78 is 66.1. The predicted molar refractivity (Wildman–Crippen MR) is 140 cm³/mol. The highest BCUT2D eigenvalue weighted by atomic mass is 32.2. The third kappa shape index (κ3) is 5.65. The number of rotatable bonds is 7. The van der Waals surface area contributed by atoms with Crippen LogP contribution in [0.5, 0.6) is 0 Å². The summed E-state index contributed by atoms with van der Waals surface area (Å²) in [7, 11) is -3.76. The van der Waals surface area contributed by atoms with Gasteiger partial charge in [-0.2, -0.15) is 17.5 Å². The lowest BCUT2D eigenvalue weighted by atomic mass is 10.0. The Labute approximate surface area is 228 Å². The van der Waals surface area contributed by atoms with Gasteiger partial charge in [-0.05, 0) is 59.9 Å². The second-order valence-electron chi connectivity index (χ2n) is 9.78. The van der Waals surface area contributed by atoms with Crippen molar-refractivity contribution >= 4 is 27.7 Å². The van der Waals surface area contributed by atoms with Gasteiger partial charge in [0.1, 0.15) is 5.82 Å². The zero-order valence-electron chi connectivity index (χ0n) is 21.2. The molecule has 3 heterocycles. The van der Waals surface area contributed by atoms with Crippen molar-refractivity contribution in [2.24, 2.45) is 5.73 Å². The number of nitrogens with one attached hydrogen (secondary N) is 1. The highest BCUT2D eigenvalue weighted by Gasteiger charge is 2.32. The van der Waals surface area contributed by atoms with E-state index in [1.165, 1.54) is 27.4 Å². The first-order valence-electron chi connectivity index (χ1n) is 12.5. The number of fused-ring (bicyclic) bond motifs is 1. The van der Waals surface area contributed by atoms with Gasteiger partial charge in [0.2, 0.25) is 15.9 Å². The molecule has 2 aliphatic rings. The summed E-state index contributed by atoms with van der Waals surface area (Å²) in [6, 6.07) is 13.9. The largest absolute Gasteiger partial charge is 0.417 e. The second-order valence-corrected chi connectivity index (χ2v) is 11.7. The molecule has 0 unspecified atom stereocenters. The van der Waals surface area contributed by atoms with Crippen LogP contribution in [0.15, 0.2) is 65.7 Å². The number of sulfonamides is 1. The number of amides is 2. The van der Waals surface area contributed by atoms with Crippen molar-refractivity contribution in [2.45, 2.75) is 36.5 Å². The molecule has 0 spiro atoms. The van der Waals surface area contributed by atoms with Gasteiger partial charge < -0.3 is 16.0 Å². The SMILES string of the molecule is NC(=O)CN1Cc2ccc(-c3ccc(S(=O)(=O)N4CCC(Nc5ccc(C(F)(F)F)cn5)CC4)cc3)cc2C1=O. The maximum atomic E-state index is 13.3. The number of halogens is 3. The van der Waals surface area contributed by atoms with Crippen LogP contribution in [0.3, 0.4) is 0 Å². The van der Waals surface area contributed by atoms with E-state index in [4.69, 9.17) is 5.73 Å². The summed E-state index contributed by atoms with van der Waals surface area (Å²) in [6.45, 7) is 0.643. The zero-order valence-corrected chi connectivity index (χ0v) is 22.0. The van der Waals surface area contributed by atoms with Crippen LogP contribution >= 0.6 is 0 Å². The lowest BCUT2D eigenvalue weighted by Crippen LogP contribution is -2.42. The number of nitrogens with zero attached hydrogens (tertiary/aromatic N) is 3. The van der Waals surface area contributed by atoms with Crippen molar-refractivity contribution in [3.8, 4) is 11.1 Å². The lowest BCUT2D eigenvalue weighted by molar-refractivity contribution is -0.137. The van der Waals surface area contributed by atoms with E-state index < -0.39 is 27.7 Å². The van der Waals surface area contributed by atoms with Crippen LogP contribution in [-0.4, -0.2) is 60.1 Å². The van der Waals surface area contributed by atoms with Crippen molar-refractivity contribution < 1.29 is 31.2 Å². The molecular weight excluding hydrogens is 547 g/mol. The molecule has 2 amide bonds. The van der Waals surface area contributed by atoms with Crippen LogP contribution < -0.4 is 11.1 Å². The fourth-order valence-electron chi connectivity index (χ4n) is 4.92. The van der Waals surface area contributed by atoms with Gasteiger partial charge in [0.25, 0.3) is 5.91 Å². The summed E-state index contributed by atoms with van der Waals surface area (Å²) >= 11 is 0. The molecular formula is C27H26F3N5O4S. The molecule has 3 N–H and O–H groups in total. The molecule has 0 saturated carbocycles. The lowest BCUT2D eigenvalue weighted by Gasteiger charge is -2.32. The molecule has 1 aromatic heterocycles. The molecule has 9 nitrogen and oxygen atoms in total. The maximum Gasteiger partial charge on any atom is 0.417 e. The number of primary amides is 1. The molecule has 0 bridgehead atoms. The Balaban J connectivity index is 1.21. The smallest absolute Gasteiger partial charge is 0.368 e. The third-order valence-electron chi connectivity index (χ3n) is 7.06. The monoisotopic (exact) mass is 573 g/mol. The fraction of sp³-hybridized carbons (Fsp3) is 0.296. The second kappa shape index (κ2) is 10.5. The number of benzene rings is 2. The van der Waals surface area contributed by atoms with Gasteiger partial charge >= 0.3 is 6.18 Å². The van der Waals surface area contributed by atoms with E-state index in [9.17, 15) is 31.2 Å². The first-order valence-corrected chi connectivity index (χ1v) is 14.0. The molecule has 1 saturated heterocycles. The summed E-state index contributed by atoms with van der Waals surface area (Å²) in [6.07, 6.45) is -2.75. The van der Waals surface area contributed by atoms with E-state index in [1.54, 1.807) is 18.2 Å². The number of carbonyl (C=O) groups excluding carboxylic acids is 2. The average molecular weight is 574 g/mol. The van der Waals surface area contributed by atoms with Crippen LogP contribution in [0.2, 0.25) is 0 Å². The first-order chi connectivity index (χ1) is 18.9. The Kier molecular flexibility index (Phi) is 7.27. The van der Waals surface area contributed by atoms with Gasteiger partial charge in [0.15, 0.2) is 0 Å². The zero-order chi connectivity index (χ0) is 28.7. The van der Waals surface area contributed by atoms with Crippen molar-refractivity contribution in [3.05, 3.63) is 77.5 Å². The Morgan fingerprint density at radius 2 is 1.70 bits per heavy atom. The Hall–Kier alpha value is -3.97. The summed E-state index contributed by atoms with van der Waals surface area (Å²) in [5, 5.41) is 3.08. The number of nitrogens with two attached hydrogens (primary N) is 1. The predicted octanol–water partition coefficient (Wildman–Crippen LogP) is 3.47. The van der Waals surface area contributed by atoms with E-state index in [-0.39, 0.29) is 36.5 Å². The van der Waals surface area contributed by atoms with Gasteiger partial charge in [-0.3, -0.25) is 9.59 Å². The van der Waals surface area contributed by atoms with E-state index in [0.29, 0.717) is 30.8 Å². The van der Waals surface area contributed by atoms with Crippen molar-refractivity contribution in [1.29, 1.82) is 0 Å². The minimum atomic E-state index is -4.46. The van der Waals surface area contributed by atoms with Crippen molar-refractivity contribution in [2.75, 3.05) is 25.0 Å². The molecule has 0 atom stereocenters. The Bertz CT molecular complexity index is 1540. The molecule has 0 radical (unpaired) electrons. The van der Waals surface area contributed by atoms with Gasteiger partial charge in [-0.15, -0.1) is 0 Å². The molecule has 13 heteroatoms. The first kappa shape index (κ1) is 27.6. The highest BCUT2D eigenvalue weighted by molar-refractivity contribution is 7.89.